The number of aliphatic hydroxyl groups is 1. The number of benzene rings is 2. The number of rotatable bonds is 7. The topological polar surface area (TPSA) is 58.6 Å². The van der Waals surface area contributed by atoms with E-state index in [1.54, 1.807) is 12.1 Å². The van der Waals surface area contributed by atoms with Gasteiger partial charge in [0.2, 0.25) is 0 Å². The summed E-state index contributed by atoms with van der Waals surface area (Å²) in [5, 5.41) is 12.4. The molecule has 2 N–H and O–H groups in total. The third-order valence-corrected chi connectivity index (χ3v) is 4.14. The highest BCUT2D eigenvalue weighted by atomic mass is 16.5. The summed E-state index contributed by atoms with van der Waals surface area (Å²) in [4.78, 5) is 12.4. The van der Waals surface area contributed by atoms with E-state index in [4.69, 9.17) is 4.74 Å². The fraction of sp³-hybridized carbons (Fsp3) is 0.381. The lowest BCUT2D eigenvalue weighted by Crippen LogP contribution is -2.22. The molecule has 2 aromatic rings. The SMILES string of the molecule is CC(C)c1cccc(C(C)C)c1NC(=O)COc1ccccc1CO. The van der Waals surface area contributed by atoms with Crippen LogP contribution >= 0.6 is 0 Å². The first-order valence-corrected chi connectivity index (χ1v) is 8.68. The zero-order chi connectivity index (χ0) is 18.4. The number of nitrogens with one attached hydrogen (secondary N) is 1. The van der Waals surface area contributed by atoms with Crippen molar-refractivity contribution in [2.75, 3.05) is 11.9 Å². The predicted molar refractivity (Wildman–Crippen MR) is 101 cm³/mol. The lowest BCUT2D eigenvalue weighted by atomic mass is 9.92. The molecule has 2 aromatic carbocycles. The number of carbonyl (C=O) groups is 1. The highest BCUT2D eigenvalue weighted by Gasteiger charge is 2.16. The standard InChI is InChI=1S/C21H27NO3/c1-14(2)17-9-7-10-18(15(3)4)21(17)22-20(24)13-25-19-11-6-5-8-16(19)12-23/h5-11,14-15,23H,12-13H2,1-4H3,(H,22,24). The first-order chi connectivity index (χ1) is 11.9. The molecule has 0 heterocycles. The molecule has 0 spiro atoms. The first-order valence-electron chi connectivity index (χ1n) is 8.68. The van der Waals surface area contributed by atoms with Gasteiger partial charge >= 0.3 is 0 Å². The molecule has 1 amide bonds. The summed E-state index contributed by atoms with van der Waals surface area (Å²) < 4.78 is 5.59. The minimum atomic E-state index is -0.206. The summed E-state index contributed by atoms with van der Waals surface area (Å²) in [5.74, 6) is 0.944. The van der Waals surface area contributed by atoms with Gasteiger partial charge in [-0.3, -0.25) is 4.79 Å². The van der Waals surface area contributed by atoms with Crippen LogP contribution in [0.4, 0.5) is 5.69 Å². The van der Waals surface area contributed by atoms with E-state index in [9.17, 15) is 9.90 Å². The lowest BCUT2D eigenvalue weighted by molar-refractivity contribution is -0.118. The fourth-order valence-electron chi connectivity index (χ4n) is 2.79. The lowest BCUT2D eigenvalue weighted by Gasteiger charge is -2.20. The molecule has 0 aliphatic carbocycles. The fourth-order valence-corrected chi connectivity index (χ4v) is 2.79. The predicted octanol–water partition coefficient (Wildman–Crippen LogP) is 4.44. The van der Waals surface area contributed by atoms with Gasteiger partial charge in [-0.1, -0.05) is 64.1 Å². The third kappa shape index (κ3) is 4.83. The number of hydrogen-bond donors (Lipinski definition) is 2. The summed E-state index contributed by atoms with van der Waals surface area (Å²) in [6.45, 7) is 8.24. The summed E-state index contributed by atoms with van der Waals surface area (Å²) in [5.41, 5.74) is 3.79. The molecule has 0 aliphatic heterocycles. The number of para-hydroxylation sites is 2. The van der Waals surface area contributed by atoms with Crippen LogP contribution < -0.4 is 10.1 Å². The van der Waals surface area contributed by atoms with Gasteiger partial charge in [0.1, 0.15) is 5.75 Å². The zero-order valence-electron chi connectivity index (χ0n) is 15.4. The molecule has 0 aromatic heterocycles. The Kier molecular flexibility index (Phi) is 6.59. The first kappa shape index (κ1) is 19.0. The molecular formula is C21H27NO3. The minimum Gasteiger partial charge on any atom is -0.483 e. The van der Waals surface area contributed by atoms with Crippen molar-refractivity contribution in [2.45, 2.75) is 46.1 Å². The van der Waals surface area contributed by atoms with Crippen molar-refractivity contribution in [2.24, 2.45) is 0 Å². The van der Waals surface area contributed by atoms with E-state index >= 15 is 0 Å². The van der Waals surface area contributed by atoms with Gasteiger partial charge in [-0.15, -0.1) is 0 Å². The average Bonchev–Trinajstić information content (AvgIpc) is 2.59. The van der Waals surface area contributed by atoms with Gasteiger partial charge in [0, 0.05) is 11.3 Å². The average molecular weight is 341 g/mol. The molecular weight excluding hydrogens is 314 g/mol. The van der Waals surface area contributed by atoms with Crippen LogP contribution in [0.3, 0.4) is 0 Å². The number of amides is 1. The normalized spacial score (nSPS) is 11.0. The number of carbonyl (C=O) groups excluding carboxylic acids is 1. The largest absolute Gasteiger partial charge is 0.483 e. The Morgan fingerprint density at radius 2 is 1.60 bits per heavy atom. The maximum absolute atomic E-state index is 12.4. The number of aliphatic hydroxyl groups excluding tert-OH is 1. The highest BCUT2D eigenvalue weighted by molar-refractivity contribution is 5.93. The Balaban J connectivity index is 2.15. The van der Waals surface area contributed by atoms with Crippen molar-refractivity contribution in [3.63, 3.8) is 0 Å². The smallest absolute Gasteiger partial charge is 0.262 e. The second kappa shape index (κ2) is 8.67. The molecule has 4 nitrogen and oxygen atoms in total. The van der Waals surface area contributed by atoms with E-state index in [1.807, 2.05) is 30.3 Å². The molecule has 2 rings (SSSR count). The number of ether oxygens (including phenoxy) is 1. The summed E-state index contributed by atoms with van der Waals surface area (Å²) in [6.07, 6.45) is 0. The van der Waals surface area contributed by atoms with Crippen LogP contribution in [-0.4, -0.2) is 17.6 Å². The van der Waals surface area contributed by atoms with E-state index in [0.29, 0.717) is 23.1 Å². The molecule has 0 saturated heterocycles. The van der Waals surface area contributed by atoms with Crippen molar-refractivity contribution in [3.05, 3.63) is 59.2 Å². The van der Waals surface area contributed by atoms with Gasteiger partial charge in [-0.2, -0.15) is 0 Å². The van der Waals surface area contributed by atoms with Crippen LogP contribution in [0.1, 0.15) is 56.2 Å². The van der Waals surface area contributed by atoms with E-state index in [2.05, 4.69) is 33.0 Å². The van der Waals surface area contributed by atoms with Crippen molar-refractivity contribution in [1.82, 2.24) is 0 Å². The van der Waals surface area contributed by atoms with E-state index in [1.165, 1.54) is 0 Å². The van der Waals surface area contributed by atoms with Crippen LogP contribution in [0.25, 0.3) is 0 Å². The summed E-state index contributed by atoms with van der Waals surface area (Å²) in [6, 6.07) is 13.3. The molecule has 0 radical (unpaired) electrons. The molecule has 0 bridgehead atoms. The van der Waals surface area contributed by atoms with Crippen molar-refractivity contribution in [1.29, 1.82) is 0 Å². The molecule has 134 valence electrons. The summed E-state index contributed by atoms with van der Waals surface area (Å²) in [7, 11) is 0. The number of anilines is 1. The molecule has 0 aliphatic rings. The Hall–Kier alpha value is -2.33. The van der Waals surface area contributed by atoms with Crippen LogP contribution in [0.2, 0.25) is 0 Å². The van der Waals surface area contributed by atoms with Crippen LogP contribution in [0.15, 0.2) is 42.5 Å². The minimum absolute atomic E-state index is 0.0963. The molecule has 4 heteroatoms. The quantitative estimate of drug-likeness (QED) is 0.782. The summed E-state index contributed by atoms with van der Waals surface area (Å²) >= 11 is 0. The highest BCUT2D eigenvalue weighted by Crippen LogP contribution is 2.32. The van der Waals surface area contributed by atoms with Gasteiger partial charge in [-0.25, -0.2) is 0 Å². The molecule has 0 saturated carbocycles. The van der Waals surface area contributed by atoms with Gasteiger partial charge in [0.25, 0.3) is 5.91 Å². The maximum atomic E-state index is 12.4. The molecule has 25 heavy (non-hydrogen) atoms. The molecule has 0 atom stereocenters. The number of hydrogen-bond acceptors (Lipinski definition) is 3. The van der Waals surface area contributed by atoms with Crippen molar-refractivity contribution >= 4 is 11.6 Å². The van der Waals surface area contributed by atoms with E-state index in [0.717, 1.165) is 16.8 Å². The Morgan fingerprint density at radius 3 is 2.16 bits per heavy atom. The Morgan fingerprint density at radius 1 is 1.00 bits per heavy atom. The van der Waals surface area contributed by atoms with E-state index in [-0.39, 0.29) is 19.1 Å². The van der Waals surface area contributed by atoms with Crippen molar-refractivity contribution in [3.8, 4) is 5.75 Å². The van der Waals surface area contributed by atoms with Crippen LogP contribution in [0.5, 0.6) is 5.75 Å². The second-order valence-corrected chi connectivity index (χ2v) is 6.72. The maximum Gasteiger partial charge on any atom is 0.262 e. The Bertz CT molecular complexity index is 697. The van der Waals surface area contributed by atoms with Gasteiger partial charge in [-0.05, 0) is 29.0 Å². The van der Waals surface area contributed by atoms with Gasteiger partial charge in [0.05, 0.1) is 6.61 Å². The Labute approximate surface area is 149 Å². The van der Waals surface area contributed by atoms with Gasteiger partial charge in [0.15, 0.2) is 6.61 Å². The molecule has 0 unspecified atom stereocenters. The van der Waals surface area contributed by atoms with E-state index < -0.39 is 0 Å². The van der Waals surface area contributed by atoms with Crippen LogP contribution in [0, 0.1) is 0 Å². The van der Waals surface area contributed by atoms with Crippen molar-refractivity contribution < 1.29 is 14.6 Å². The van der Waals surface area contributed by atoms with Gasteiger partial charge < -0.3 is 15.2 Å². The second-order valence-electron chi connectivity index (χ2n) is 6.72. The monoisotopic (exact) mass is 341 g/mol. The zero-order valence-corrected chi connectivity index (χ0v) is 15.4. The van der Waals surface area contributed by atoms with Crippen LogP contribution in [-0.2, 0) is 11.4 Å². The molecule has 0 fully saturated rings. The third-order valence-electron chi connectivity index (χ3n) is 4.14.